The zero-order chi connectivity index (χ0) is 19.6. The van der Waals surface area contributed by atoms with Crippen LogP contribution < -0.4 is 16.0 Å². The number of hydrogen-bond acceptors (Lipinski definition) is 5. The van der Waals surface area contributed by atoms with E-state index < -0.39 is 15.9 Å². The fourth-order valence-electron chi connectivity index (χ4n) is 2.50. The number of carbonyl (C=O) groups is 1. The molecule has 1 amide bonds. The van der Waals surface area contributed by atoms with Crippen LogP contribution in [0.2, 0.25) is 5.15 Å². The molecule has 0 aliphatic rings. The largest absolute Gasteiger partial charge is 0.297 e. The van der Waals surface area contributed by atoms with Crippen LogP contribution in [0.4, 0.5) is 5.69 Å². The van der Waals surface area contributed by atoms with Gasteiger partial charge in [0.2, 0.25) is 10.0 Å². The van der Waals surface area contributed by atoms with Gasteiger partial charge in [0.05, 0.1) is 17.1 Å². The molecule has 3 aromatic rings. The topological polar surface area (TPSA) is 119 Å². The second-order valence-corrected chi connectivity index (χ2v) is 7.51. The number of nitrogens with zero attached hydrogens (tertiary/aromatic N) is 2. The summed E-state index contributed by atoms with van der Waals surface area (Å²) in [6.45, 7) is 1.65. The molecule has 0 unspecified atom stereocenters. The van der Waals surface area contributed by atoms with Crippen LogP contribution in [0.5, 0.6) is 0 Å². The monoisotopic (exact) mass is 405 g/mol. The highest BCUT2D eigenvalue weighted by Crippen LogP contribution is 2.24. The fraction of sp³-hybridized carbons (Fsp3) is 0.0588. The van der Waals surface area contributed by atoms with Crippen molar-refractivity contribution in [1.29, 1.82) is 0 Å². The summed E-state index contributed by atoms with van der Waals surface area (Å²) >= 11 is 6.34. The minimum absolute atomic E-state index is 0.137. The molecule has 10 heteroatoms. The molecule has 0 radical (unpaired) electrons. The number of nitrogens with two attached hydrogens (primary N) is 1. The average Bonchev–Trinajstić information content (AvgIpc) is 2.94. The van der Waals surface area contributed by atoms with E-state index >= 15 is 0 Å². The number of primary sulfonamides is 1. The van der Waals surface area contributed by atoms with Crippen molar-refractivity contribution >= 4 is 33.2 Å². The first kappa shape index (κ1) is 18.9. The van der Waals surface area contributed by atoms with Gasteiger partial charge in [-0.2, -0.15) is 5.10 Å². The first-order valence-corrected chi connectivity index (χ1v) is 9.70. The van der Waals surface area contributed by atoms with E-state index in [4.69, 9.17) is 16.7 Å². The quantitative estimate of drug-likeness (QED) is 0.562. The minimum atomic E-state index is -3.95. The Bertz CT molecular complexity index is 1100. The zero-order valence-electron chi connectivity index (χ0n) is 14.2. The van der Waals surface area contributed by atoms with Gasteiger partial charge in [-0.15, -0.1) is 0 Å². The van der Waals surface area contributed by atoms with Crippen molar-refractivity contribution in [2.24, 2.45) is 5.14 Å². The van der Waals surface area contributed by atoms with Gasteiger partial charge in [0.1, 0.15) is 15.6 Å². The fourth-order valence-corrected chi connectivity index (χ4v) is 3.55. The number of hydrogen-bond donors (Lipinski definition) is 3. The molecule has 0 aliphatic heterocycles. The van der Waals surface area contributed by atoms with Crippen LogP contribution in [-0.4, -0.2) is 24.1 Å². The zero-order valence-corrected chi connectivity index (χ0v) is 15.8. The van der Waals surface area contributed by atoms with E-state index in [-0.39, 0.29) is 21.3 Å². The number of aromatic nitrogens is 2. The lowest BCUT2D eigenvalue weighted by Gasteiger charge is -2.11. The maximum atomic E-state index is 12.6. The second kappa shape index (κ2) is 7.39. The van der Waals surface area contributed by atoms with Crippen molar-refractivity contribution in [1.82, 2.24) is 15.2 Å². The van der Waals surface area contributed by atoms with Gasteiger partial charge >= 0.3 is 0 Å². The highest BCUT2D eigenvalue weighted by atomic mass is 35.5. The van der Waals surface area contributed by atoms with Crippen LogP contribution in [0.1, 0.15) is 16.1 Å². The molecule has 4 N–H and O–H groups in total. The number of carbonyl (C=O) groups excluding carboxylic acids is 1. The molecule has 27 heavy (non-hydrogen) atoms. The maximum Gasteiger partial charge on any atom is 0.274 e. The van der Waals surface area contributed by atoms with E-state index in [1.165, 1.54) is 22.9 Å². The summed E-state index contributed by atoms with van der Waals surface area (Å²) in [6.07, 6.45) is 0. The van der Waals surface area contributed by atoms with Crippen molar-refractivity contribution in [3.63, 3.8) is 0 Å². The predicted octanol–water partition coefficient (Wildman–Crippen LogP) is 2.24. The first-order valence-electron chi connectivity index (χ1n) is 7.78. The number of rotatable bonds is 5. The lowest BCUT2D eigenvalue weighted by Crippen LogP contribution is -2.31. The van der Waals surface area contributed by atoms with Gasteiger partial charge in [-0.05, 0) is 31.2 Å². The van der Waals surface area contributed by atoms with E-state index in [9.17, 15) is 13.2 Å². The van der Waals surface area contributed by atoms with Crippen molar-refractivity contribution in [2.75, 3.05) is 5.43 Å². The number of anilines is 1. The molecule has 2 aromatic carbocycles. The van der Waals surface area contributed by atoms with Crippen LogP contribution in [-0.2, 0) is 10.0 Å². The number of benzene rings is 2. The van der Waals surface area contributed by atoms with Crippen LogP contribution in [0, 0.1) is 6.92 Å². The second-order valence-electron chi connectivity index (χ2n) is 5.62. The average molecular weight is 406 g/mol. The Balaban J connectivity index is 1.86. The molecular formula is C17H16ClN5O3S. The third-order valence-corrected chi connectivity index (χ3v) is 5.05. The van der Waals surface area contributed by atoms with Crippen molar-refractivity contribution in [3.05, 3.63) is 71.0 Å². The molecule has 3 rings (SSSR count). The molecule has 0 bridgehead atoms. The number of para-hydroxylation sites is 2. The van der Waals surface area contributed by atoms with Gasteiger partial charge in [0.25, 0.3) is 5.91 Å². The van der Waals surface area contributed by atoms with Crippen molar-refractivity contribution < 1.29 is 13.2 Å². The molecule has 140 valence electrons. The lowest BCUT2D eigenvalue weighted by molar-refractivity contribution is 0.0962. The normalized spacial score (nSPS) is 11.2. The highest BCUT2D eigenvalue weighted by molar-refractivity contribution is 7.89. The molecule has 0 saturated heterocycles. The highest BCUT2D eigenvalue weighted by Gasteiger charge is 2.21. The molecule has 0 fully saturated rings. The van der Waals surface area contributed by atoms with E-state index in [2.05, 4.69) is 16.0 Å². The van der Waals surface area contributed by atoms with Crippen LogP contribution >= 0.6 is 11.6 Å². The Morgan fingerprint density at radius 1 is 1.11 bits per heavy atom. The summed E-state index contributed by atoms with van der Waals surface area (Å²) in [5, 5.41) is 9.61. The van der Waals surface area contributed by atoms with E-state index in [0.717, 1.165) is 0 Å². The number of nitrogens with one attached hydrogen (secondary N) is 2. The molecule has 0 aliphatic carbocycles. The van der Waals surface area contributed by atoms with Crippen molar-refractivity contribution in [2.45, 2.75) is 11.8 Å². The number of amides is 1. The molecule has 0 atom stereocenters. The number of sulfonamides is 1. The maximum absolute atomic E-state index is 12.6. The van der Waals surface area contributed by atoms with Gasteiger partial charge in [-0.25, -0.2) is 18.2 Å². The van der Waals surface area contributed by atoms with Crippen LogP contribution in [0.15, 0.2) is 59.5 Å². The molecule has 1 aromatic heterocycles. The summed E-state index contributed by atoms with van der Waals surface area (Å²) in [4.78, 5) is 12.4. The van der Waals surface area contributed by atoms with Gasteiger partial charge in [-0.3, -0.25) is 15.6 Å². The Kier molecular flexibility index (Phi) is 5.17. The van der Waals surface area contributed by atoms with Gasteiger partial charge in [0.15, 0.2) is 0 Å². The first-order chi connectivity index (χ1) is 12.8. The molecule has 1 heterocycles. The Labute approximate surface area is 161 Å². The Morgan fingerprint density at radius 2 is 1.74 bits per heavy atom. The summed E-state index contributed by atoms with van der Waals surface area (Å²) < 4.78 is 24.7. The van der Waals surface area contributed by atoms with Gasteiger partial charge in [0, 0.05) is 0 Å². The SMILES string of the molecule is Cc1nn(-c2ccccc2)c(Cl)c1C(=O)NNc1ccccc1S(N)(=O)=O. The molecule has 0 spiro atoms. The lowest BCUT2D eigenvalue weighted by atomic mass is 10.2. The molecule has 8 nitrogen and oxygen atoms in total. The predicted molar refractivity (Wildman–Crippen MR) is 102 cm³/mol. The molecular weight excluding hydrogens is 390 g/mol. The van der Waals surface area contributed by atoms with Crippen LogP contribution in [0.25, 0.3) is 5.69 Å². The van der Waals surface area contributed by atoms with Crippen LogP contribution in [0.3, 0.4) is 0 Å². The molecule has 0 saturated carbocycles. The standard InChI is InChI=1S/C17H16ClN5O3S/c1-11-15(16(18)23(22-11)12-7-3-2-4-8-12)17(24)21-20-13-9-5-6-10-14(13)27(19,25)26/h2-10,20H,1H3,(H,21,24)(H2,19,25,26). The smallest absolute Gasteiger partial charge is 0.274 e. The summed E-state index contributed by atoms with van der Waals surface area (Å²) in [5.41, 5.74) is 6.42. The number of aryl methyl sites for hydroxylation is 1. The van der Waals surface area contributed by atoms with E-state index in [1.54, 1.807) is 25.1 Å². The van der Waals surface area contributed by atoms with Crippen molar-refractivity contribution in [3.8, 4) is 5.69 Å². The van der Waals surface area contributed by atoms with E-state index in [0.29, 0.717) is 11.4 Å². The summed E-state index contributed by atoms with van der Waals surface area (Å²) in [7, 11) is -3.95. The third kappa shape index (κ3) is 3.95. The Hall–Kier alpha value is -2.88. The number of halogens is 1. The van der Waals surface area contributed by atoms with Gasteiger partial charge in [-0.1, -0.05) is 41.9 Å². The summed E-state index contributed by atoms with van der Waals surface area (Å²) in [5.74, 6) is -0.566. The minimum Gasteiger partial charge on any atom is -0.297 e. The Morgan fingerprint density at radius 3 is 2.41 bits per heavy atom. The third-order valence-electron chi connectivity index (χ3n) is 3.74. The van der Waals surface area contributed by atoms with E-state index in [1.807, 2.05) is 18.2 Å². The van der Waals surface area contributed by atoms with Gasteiger partial charge < -0.3 is 0 Å². The summed E-state index contributed by atoms with van der Waals surface area (Å²) in [6, 6.07) is 15.1. The number of hydrazine groups is 1.